The van der Waals surface area contributed by atoms with Gasteiger partial charge < -0.3 is 10.2 Å². The topological polar surface area (TPSA) is 15.3 Å². The molecule has 0 aromatic rings. The maximum absolute atomic E-state index is 3.76. The Labute approximate surface area is 105 Å². The molecule has 94 valence electrons. The lowest BCUT2D eigenvalue weighted by Crippen LogP contribution is -2.39. The Morgan fingerprint density at radius 1 is 1.38 bits per heavy atom. The van der Waals surface area contributed by atoms with Crippen LogP contribution in [0.15, 0.2) is 0 Å². The second kappa shape index (κ2) is 6.27. The van der Waals surface area contributed by atoms with Crippen LogP contribution in [0.3, 0.4) is 0 Å². The summed E-state index contributed by atoms with van der Waals surface area (Å²) in [6.45, 7) is 9.91. The molecule has 0 radical (unpaired) electrons. The van der Waals surface area contributed by atoms with Gasteiger partial charge in [0.25, 0.3) is 0 Å². The number of likely N-dealkylation sites (tertiary alicyclic amines) is 1. The van der Waals surface area contributed by atoms with Crippen molar-refractivity contribution in [2.75, 3.05) is 31.9 Å². The third kappa shape index (κ3) is 3.64. The summed E-state index contributed by atoms with van der Waals surface area (Å²) in [7, 11) is 0. The molecule has 16 heavy (non-hydrogen) atoms. The molecule has 2 rings (SSSR count). The summed E-state index contributed by atoms with van der Waals surface area (Å²) in [6, 6.07) is 0.769. The molecule has 0 aromatic carbocycles. The lowest BCUT2D eigenvalue weighted by molar-refractivity contribution is 0.277. The molecular formula is C13H26N2S. The largest absolute Gasteiger partial charge is 0.313 e. The van der Waals surface area contributed by atoms with E-state index in [4.69, 9.17) is 0 Å². The molecule has 0 saturated carbocycles. The summed E-state index contributed by atoms with van der Waals surface area (Å²) >= 11 is 2.12. The van der Waals surface area contributed by atoms with E-state index >= 15 is 0 Å². The van der Waals surface area contributed by atoms with E-state index in [1.807, 2.05) is 0 Å². The lowest BCUT2D eigenvalue weighted by Gasteiger charge is -2.23. The van der Waals surface area contributed by atoms with Gasteiger partial charge in [-0.1, -0.05) is 13.8 Å². The van der Waals surface area contributed by atoms with E-state index in [9.17, 15) is 0 Å². The van der Waals surface area contributed by atoms with E-state index in [0.717, 1.165) is 17.2 Å². The number of hydrogen-bond donors (Lipinski definition) is 1. The Kier molecular flexibility index (Phi) is 4.98. The molecule has 0 bridgehead atoms. The molecule has 0 amide bonds. The zero-order valence-electron chi connectivity index (χ0n) is 10.7. The van der Waals surface area contributed by atoms with E-state index < -0.39 is 0 Å². The van der Waals surface area contributed by atoms with Crippen LogP contribution in [0.1, 0.15) is 33.1 Å². The van der Waals surface area contributed by atoms with Crippen molar-refractivity contribution < 1.29 is 0 Å². The second-order valence-corrected chi connectivity index (χ2v) is 6.98. The lowest BCUT2D eigenvalue weighted by atomic mass is 10.1. The molecule has 0 spiro atoms. The van der Waals surface area contributed by atoms with E-state index in [2.05, 4.69) is 35.8 Å². The Morgan fingerprint density at radius 3 is 2.75 bits per heavy atom. The minimum absolute atomic E-state index is 0.769. The minimum Gasteiger partial charge on any atom is -0.313 e. The van der Waals surface area contributed by atoms with Crippen molar-refractivity contribution in [2.24, 2.45) is 5.92 Å². The van der Waals surface area contributed by atoms with Crippen molar-refractivity contribution in [3.63, 3.8) is 0 Å². The third-order valence-electron chi connectivity index (χ3n) is 3.87. The molecule has 2 heterocycles. The van der Waals surface area contributed by atoms with Crippen molar-refractivity contribution in [1.29, 1.82) is 0 Å². The van der Waals surface area contributed by atoms with Crippen LogP contribution >= 0.6 is 11.8 Å². The van der Waals surface area contributed by atoms with Gasteiger partial charge in [-0.3, -0.25) is 0 Å². The number of thioether (sulfide) groups is 1. The van der Waals surface area contributed by atoms with E-state index in [-0.39, 0.29) is 0 Å². The number of rotatable bonds is 5. The fourth-order valence-electron chi connectivity index (χ4n) is 2.82. The summed E-state index contributed by atoms with van der Waals surface area (Å²) in [5.41, 5.74) is 0. The zero-order valence-corrected chi connectivity index (χ0v) is 11.6. The van der Waals surface area contributed by atoms with E-state index in [1.54, 1.807) is 0 Å². The number of hydrogen-bond acceptors (Lipinski definition) is 3. The van der Waals surface area contributed by atoms with Crippen molar-refractivity contribution in [2.45, 2.75) is 44.4 Å². The Balaban J connectivity index is 1.61. The molecule has 2 nitrogen and oxygen atoms in total. The van der Waals surface area contributed by atoms with Crippen LogP contribution in [0, 0.1) is 5.92 Å². The highest BCUT2D eigenvalue weighted by Crippen LogP contribution is 2.26. The standard InChI is InChI=1S/C13H26N2S/c1-11(10-15-6-3-4-7-15)9-14-13-5-8-16-12(13)2/h11-14H,3-10H2,1-2H3. The van der Waals surface area contributed by atoms with Crippen molar-refractivity contribution >= 4 is 11.8 Å². The number of nitrogens with zero attached hydrogens (tertiary/aromatic N) is 1. The minimum atomic E-state index is 0.769. The summed E-state index contributed by atoms with van der Waals surface area (Å²) < 4.78 is 0. The molecule has 3 atom stereocenters. The van der Waals surface area contributed by atoms with Gasteiger partial charge in [-0.05, 0) is 50.6 Å². The van der Waals surface area contributed by atoms with Gasteiger partial charge in [0.2, 0.25) is 0 Å². The van der Waals surface area contributed by atoms with Crippen LogP contribution in [0.4, 0.5) is 0 Å². The molecule has 2 fully saturated rings. The molecule has 2 saturated heterocycles. The van der Waals surface area contributed by atoms with Gasteiger partial charge in [0.1, 0.15) is 0 Å². The van der Waals surface area contributed by atoms with Gasteiger partial charge in [-0.2, -0.15) is 11.8 Å². The predicted molar refractivity (Wildman–Crippen MR) is 73.2 cm³/mol. The van der Waals surface area contributed by atoms with Crippen LogP contribution in [-0.2, 0) is 0 Å². The first-order chi connectivity index (χ1) is 7.75. The Bertz CT molecular complexity index is 204. The van der Waals surface area contributed by atoms with Crippen molar-refractivity contribution in [3.8, 4) is 0 Å². The first-order valence-corrected chi connectivity index (χ1v) is 7.88. The summed E-state index contributed by atoms with van der Waals surface area (Å²) in [5.74, 6) is 2.15. The predicted octanol–water partition coefficient (Wildman–Crippen LogP) is 2.20. The van der Waals surface area contributed by atoms with E-state index in [0.29, 0.717) is 0 Å². The van der Waals surface area contributed by atoms with Crippen LogP contribution in [0.5, 0.6) is 0 Å². The van der Waals surface area contributed by atoms with E-state index in [1.165, 1.54) is 51.2 Å². The first kappa shape index (κ1) is 12.7. The van der Waals surface area contributed by atoms with Crippen LogP contribution in [0.25, 0.3) is 0 Å². The molecule has 0 aliphatic carbocycles. The monoisotopic (exact) mass is 242 g/mol. The number of nitrogens with one attached hydrogen (secondary N) is 1. The maximum Gasteiger partial charge on any atom is 0.0191 e. The van der Waals surface area contributed by atoms with Crippen molar-refractivity contribution in [1.82, 2.24) is 10.2 Å². The van der Waals surface area contributed by atoms with Crippen LogP contribution in [-0.4, -0.2) is 48.1 Å². The summed E-state index contributed by atoms with van der Waals surface area (Å²) in [5, 5.41) is 4.58. The normalized spacial score (nSPS) is 33.4. The summed E-state index contributed by atoms with van der Waals surface area (Å²) in [6.07, 6.45) is 4.19. The first-order valence-electron chi connectivity index (χ1n) is 6.83. The van der Waals surface area contributed by atoms with Crippen LogP contribution in [0.2, 0.25) is 0 Å². The van der Waals surface area contributed by atoms with Gasteiger partial charge in [-0.25, -0.2) is 0 Å². The summed E-state index contributed by atoms with van der Waals surface area (Å²) in [4.78, 5) is 2.62. The van der Waals surface area contributed by atoms with Crippen LogP contribution < -0.4 is 5.32 Å². The van der Waals surface area contributed by atoms with Crippen molar-refractivity contribution in [3.05, 3.63) is 0 Å². The van der Waals surface area contributed by atoms with Gasteiger partial charge >= 0.3 is 0 Å². The fourth-order valence-corrected chi connectivity index (χ4v) is 4.05. The Hall–Kier alpha value is 0.270. The zero-order chi connectivity index (χ0) is 11.4. The van der Waals surface area contributed by atoms with Gasteiger partial charge in [0.05, 0.1) is 0 Å². The van der Waals surface area contributed by atoms with Gasteiger partial charge in [0.15, 0.2) is 0 Å². The highest BCUT2D eigenvalue weighted by molar-refractivity contribution is 8.00. The molecule has 3 unspecified atom stereocenters. The average molecular weight is 242 g/mol. The smallest absolute Gasteiger partial charge is 0.0191 e. The molecule has 0 aromatic heterocycles. The maximum atomic E-state index is 3.76. The highest BCUT2D eigenvalue weighted by atomic mass is 32.2. The second-order valence-electron chi connectivity index (χ2n) is 5.49. The van der Waals surface area contributed by atoms with Gasteiger partial charge in [-0.15, -0.1) is 0 Å². The molecule has 2 aliphatic rings. The fraction of sp³-hybridized carbons (Fsp3) is 1.00. The average Bonchev–Trinajstić information content (AvgIpc) is 2.87. The highest BCUT2D eigenvalue weighted by Gasteiger charge is 2.24. The molecular weight excluding hydrogens is 216 g/mol. The Morgan fingerprint density at radius 2 is 2.12 bits per heavy atom. The molecule has 3 heteroatoms. The quantitative estimate of drug-likeness (QED) is 0.796. The van der Waals surface area contributed by atoms with Gasteiger partial charge in [0, 0.05) is 17.8 Å². The molecule has 2 aliphatic heterocycles. The third-order valence-corrected chi connectivity index (χ3v) is 5.20. The SMILES string of the molecule is CC(CNC1CCSC1C)CN1CCCC1. The molecule has 1 N–H and O–H groups in total.